The van der Waals surface area contributed by atoms with Crippen LogP contribution < -0.4 is 5.32 Å². The molecule has 6 heteroatoms. The zero-order valence-electron chi connectivity index (χ0n) is 19.1. The molecule has 1 aliphatic heterocycles. The molecule has 4 rings (SSSR count). The molecule has 32 heavy (non-hydrogen) atoms. The summed E-state index contributed by atoms with van der Waals surface area (Å²) in [6.45, 7) is 4.79. The summed E-state index contributed by atoms with van der Waals surface area (Å²) in [5.41, 5.74) is 5.09. The van der Waals surface area contributed by atoms with Gasteiger partial charge in [0.05, 0.1) is 10.9 Å². The van der Waals surface area contributed by atoms with Crippen LogP contribution in [0.1, 0.15) is 67.3 Å². The summed E-state index contributed by atoms with van der Waals surface area (Å²) in [4.78, 5) is 13.3. The van der Waals surface area contributed by atoms with Crippen molar-refractivity contribution in [2.45, 2.75) is 69.7 Å². The summed E-state index contributed by atoms with van der Waals surface area (Å²) in [5, 5.41) is 3.24. The van der Waals surface area contributed by atoms with Crippen LogP contribution in [-0.4, -0.2) is 31.7 Å². The summed E-state index contributed by atoms with van der Waals surface area (Å²) in [7, 11) is -3.51. The first kappa shape index (κ1) is 23.0. The smallest absolute Gasteiger partial charge is 0.243 e. The fourth-order valence-corrected chi connectivity index (χ4v) is 6.37. The van der Waals surface area contributed by atoms with Gasteiger partial charge < -0.3 is 5.32 Å². The van der Waals surface area contributed by atoms with Gasteiger partial charge in [0, 0.05) is 19.0 Å². The average molecular weight is 455 g/mol. The number of rotatable bonds is 6. The predicted octanol–water partition coefficient (Wildman–Crippen LogP) is 4.54. The largest absolute Gasteiger partial charge is 0.349 e. The Morgan fingerprint density at radius 1 is 1.03 bits per heavy atom. The lowest BCUT2D eigenvalue weighted by Gasteiger charge is -2.31. The standard InChI is InChI=1S/C26H34N2O3S/c1-3-25(23-11-10-20-6-4-5-7-22(20)18-23)27-26(29)21-14-16-28(17-15-21)32(30,31)24-12-8-19(2)9-13-24/h8-13,18,21,25H,3-7,14-17H2,1-2H3,(H,27,29). The van der Waals surface area contributed by atoms with Crippen LogP contribution in [0.2, 0.25) is 0 Å². The van der Waals surface area contributed by atoms with E-state index in [-0.39, 0.29) is 17.9 Å². The third-order valence-corrected chi connectivity index (χ3v) is 8.90. The third kappa shape index (κ3) is 4.91. The van der Waals surface area contributed by atoms with Gasteiger partial charge in [-0.2, -0.15) is 4.31 Å². The molecule has 1 aliphatic carbocycles. The number of nitrogens with zero attached hydrogens (tertiary/aromatic N) is 1. The van der Waals surface area contributed by atoms with Gasteiger partial charge in [0.15, 0.2) is 0 Å². The zero-order chi connectivity index (χ0) is 22.7. The van der Waals surface area contributed by atoms with Gasteiger partial charge in [-0.05, 0) is 80.7 Å². The number of amides is 1. The molecule has 2 aromatic carbocycles. The Hall–Kier alpha value is -2.18. The van der Waals surface area contributed by atoms with Crippen molar-refractivity contribution >= 4 is 15.9 Å². The van der Waals surface area contributed by atoms with Crippen LogP contribution in [0.3, 0.4) is 0 Å². The third-order valence-electron chi connectivity index (χ3n) is 6.98. The maximum Gasteiger partial charge on any atom is 0.243 e. The SMILES string of the molecule is CCC(NC(=O)C1CCN(S(=O)(=O)c2ccc(C)cc2)CC1)c1ccc2c(c1)CCCC2. The van der Waals surface area contributed by atoms with E-state index in [1.807, 2.05) is 19.1 Å². The van der Waals surface area contributed by atoms with Crippen molar-refractivity contribution in [2.24, 2.45) is 5.92 Å². The van der Waals surface area contributed by atoms with Gasteiger partial charge in [-0.25, -0.2) is 8.42 Å². The number of hydrogen-bond acceptors (Lipinski definition) is 3. The number of fused-ring (bicyclic) bond motifs is 1. The lowest BCUT2D eigenvalue weighted by atomic mass is 9.88. The molecule has 0 radical (unpaired) electrons. The fourth-order valence-electron chi connectivity index (χ4n) is 4.90. The highest BCUT2D eigenvalue weighted by atomic mass is 32.2. The topological polar surface area (TPSA) is 66.5 Å². The Labute approximate surface area is 192 Å². The van der Waals surface area contributed by atoms with Gasteiger partial charge in [0.1, 0.15) is 0 Å². The monoisotopic (exact) mass is 454 g/mol. The molecule has 5 nitrogen and oxygen atoms in total. The number of piperidine rings is 1. The number of carbonyl (C=O) groups excluding carboxylic acids is 1. The molecule has 1 amide bonds. The van der Waals surface area contributed by atoms with Crippen molar-refractivity contribution in [1.82, 2.24) is 9.62 Å². The van der Waals surface area contributed by atoms with Crippen LogP contribution in [0.25, 0.3) is 0 Å². The van der Waals surface area contributed by atoms with Gasteiger partial charge >= 0.3 is 0 Å². The lowest BCUT2D eigenvalue weighted by molar-refractivity contribution is -0.126. The molecule has 1 unspecified atom stereocenters. The molecule has 1 fully saturated rings. The Bertz CT molecular complexity index is 1050. The van der Waals surface area contributed by atoms with Crippen molar-refractivity contribution in [3.8, 4) is 0 Å². The van der Waals surface area contributed by atoms with Gasteiger partial charge in [-0.1, -0.05) is 42.8 Å². The number of carbonyl (C=O) groups is 1. The zero-order valence-corrected chi connectivity index (χ0v) is 20.0. The van der Waals surface area contributed by atoms with E-state index in [4.69, 9.17) is 0 Å². The first-order valence-corrected chi connectivity index (χ1v) is 13.3. The highest BCUT2D eigenvalue weighted by Gasteiger charge is 2.32. The molecule has 0 bridgehead atoms. The van der Waals surface area contributed by atoms with E-state index >= 15 is 0 Å². The molecule has 2 aromatic rings. The number of hydrogen-bond donors (Lipinski definition) is 1. The summed E-state index contributed by atoms with van der Waals surface area (Å²) in [6, 6.07) is 13.6. The van der Waals surface area contributed by atoms with Gasteiger partial charge in [-0.3, -0.25) is 4.79 Å². The van der Waals surface area contributed by atoms with E-state index in [9.17, 15) is 13.2 Å². The van der Waals surface area contributed by atoms with Crippen LogP contribution in [0.4, 0.5) is 0 Å². The average Bonchev–Trinajstić information content (AvgIpc) is 2.82. The molecular weight excluding hydrogens is 420 g/mol. The number of benzene rings is 2. The maximum atomic E-state index is 13.0. The summed E-state index contributed by atoms with van der Waals surface area (Å²) >= 11 is 0. The molecule has 0 aromatic heterocycles. The lowest BCUT2D eigenvalue weighted by Crippen LogP contribution is -2.43. The first-order valence-electron chi connectivity index (χ1n) is 11.9. The summed E-state index contributed by atoms with van der Waals surface area (Å²) in [5.74, 6) is -0.104. The van der Waals surface area contributed by atoms with E-state index < -0.39 is 10.0 Å². The van der Waals surface area contributed by atoms with Gasteiger partial charge in [0.2, 0.25) is 15.9 Å². The molecule has 0 saturated carbocycles. The Morgan fingerprint density at radius 3 is 2.34 bits per heavy atom. The molecule has 1 heterocycles. The van der Waals surface area contributed by atoms with Crippen LogP contribution in [0, 0.1) is 12.8 Å². The molecule has 2 aliphatic rings. The first-order chi connectivity index (χ1) is 15.4. The Balaban J connectivity index is 1.37. The van der Waals surface area contributed by atoms with Crippen molar-refractivity contribution in [3.63, 3.8) is 0 Å². The molecule has 172 valence electrons. The molecule has 1 saturated heterocycles. The summed E-state index contributed by atoms with van der Waals surface area (Å²) in [6.07, 6.45) is 6.73. The minimum absolute atomic E-state index is 0.00375. The maximum absolute atomic E-state index is 13.0. The Kier molecular flexibility index (Phi) is 7.01. The van der Waals surface area contributed by atoms with Gasteiger partial charge in [0.25, 0.3) is 0 Å². The number of nitrogens with one attached hydrogen (secondary N) is 1. The molecular formula is C26H34N2O3S. The predicted molar refractivity (Wildman–Crippen MR) is 127 cm³/mol. The second-order valence-electron chi connectivity index (χ2n) is 9.20. The number of sulfonamides is 1. The molecule has 1 N–H and O–H groups in total. The quantitative estimate of drug-likeness (QED) is 0.697. The highest BCUT2D eigenvalue weighted by Crippen LogP contribution is 2.28. The highest BCUT2D eigenvalue weighted by molar-refractivity contribution is 7.89. The van der Waals surface area contributed by atoms with Crippen LogP contribution in [0.5, 0.6) is 0 Å². The fraction of sp³-hybridized carbons (Fsp3) is 0.500. The van der Waals surface area contributed by atoms with E-state index in [1.54, 1.807) is 12.1 Å². The van der Waals surface area contributed by atoms with Crippen molar-refractivity contribution in [2.75, 3.05) is 13.1 Å². The van der Waals surface area contributed by atoms with Crippen molar-refractivity contribution in [3.05, 3.63) is 64.7 Å². The summed E-state index contributed by atoms with van der Waals surface area (Å²) < 4.78 is 27.4. The van der Waals surface area contributed by atoms with Crippen molar-refractivity contribution < 1.29 is 13.2 Å². The van der Waals surface area contributed by atoms with Crippen molar-refractivity contribution in [1.29, 1.82) is 0 Å². The van der Waals surface area contributed by atoms with E-state index in [1.165, 1.54) is 33.8 Å². The van der Waals surface area contributed by atoms with E-state index in [0.29, 0.717) is 30.8 Å². The molecule has 0 spiro atoms. The second kappa shape index (κ2) is 9.75. The second-order valence-corrected chi connectivity index (χ2v) is 11.1. The minimum Gasteiger partial charge on any atom is -0.349 e. The normalized spacial score (nSPS) is 18.7. The Morgan fingerprint density at radius 2 is 1.69 bits per heavy atom. The number of aryl methyl sites for hydroxylation is 3. The minimum atomic E-state index is -3.51. The van der Waals surface area contributed by atoms with E-state index in [2.05, 4.69) is 30.4 Å². The van der Waals surface area contributed by atoms with Crippen LogP contribution in [-0.2, 0) is 27.7 Å². The van der Waals surface area contributed by atoms with Gasteiger partial charge in [-0.15, -0.1) is 0 Å². The molecule has 1 atom stereocenters. The van der Waals surface area contributed by atoms with Crippen LogP contribution in [0.15, 0.2) is 47.4 Å². The van der Waals surface area contributed by atoms with E-state index in [0.717, 1.165) is 24.8 Å². The van der Waals surface area contributed by atoms with Crippen LogP contribution >= 0.6 is 0 Å².